The summed E-state index contributed by atoms with van der Waals surface area (Å²) in [5, 5.41) is 6.27. The first-order valence-corrected chi connectivity index (χ1v) is 15.2. The Morgan fingerprint density at radius 2 is 1.73 bits per heavy atom. The highest BCUT2D eigenvalue weighted by atomic mass is 79.9. The van der Waals surface area contributed by atoms with E-state index in [4.69, 9.17) is 4.74 Å². The summed E-state index contributed by atoms with van der Waals surface area (Å²) in [6.07, 6.45) is 4.90. The molecule has 0 unspecified atom stereocenters. The van der Waals surface area contributed by atoms with Crippen molar-refractivity contribution >= 4 is 45.3 Å². The standard InChI is InChI=1S/C33H36BrN7O3/c1-22-5-10-27(18-29(22)39-31-36-12-11-28(38-31)25-17-26(34)20-35-19-25)37-30(42)24-8-6-23(7-9-24)21-40-13-15-41(16-14-40)32(43)44-33(2,3)4/h5-12,17-20H,13-16,21H2,1-4H3,(H,37,42)(H,36,38,39). The van der Waals surface area contributed by atoms with Crippen LogP contribution in [0.4, 0.5) is 22.1 Å². The molecule has 0 radical (unpaired) electrons. The largest absolute Gasteiger partial charge is 0.444 e. The second-order valence-corrected chi connectivity index (χ2v) is 12.6. The lowest BCUT2D eigenvalue weighted by atomic mass is 10.1. The third kappa shape index (κ3) is 8.39. The number of amides is 2. The summed E-state index contributed by atoms with van der Waals surface area (Å²) >= 11 is 3.45. The van der Waals surface area contributed by atoms with Crippen molar-refractivity contribution in [2.75, 3.05) is 36.8 Å². The first-order valence-electron chi connectivity index (χ1n) is 14.4. The minimum absolute atomic E-state index is 0.197. The number of nitrogens with zero attached hydrogens (tertiary/aromatic N) is 5. The van der Waals surface area contributed by atoms with Gasteiger partial charge in [-0.1, -0.05) is 18.2 Å². The number of anilines is 3. The van der Waals surface area contributed by atoms with E-state index in [2.05, 4.69) is 46.4 Å². The molecule has 0 bridgehead atoms. The fourth-order valence-electron chi connectivity index (χ4n) is 4.72. The molecule has 228 valence electrons. The van der Waals surface area contributed by atoms with Crippen LogP contribution < -0.4 is 10.6 Å². The number of benzene rings is 2. The Hall–Kier alpha value is -4.35. The van der Waals surface area contributed by atoms with E-state index in [9.17, 15) is 9.59 Å². The van der Waals surface area contributed by atoms with Crippen molar-refractivity contribution < 1.29 is 14.3 Å². The molecule has 2 aromatic carbocycles. The molecule has 0 aliphatic carbocycles. The molecular weight excluding hydrogens is 622 g/mol. The van der Waals surface area contributed by atoms with Crippen molar-refractivity contribution in [3.05, 3.63) is 94.4 Å². The zero-order valence-electron chi connectivity index (χ0n) is 25.3. The van der Waals surface area contributed by atoms with Gasteiger partial charge >= 0.3 is 6.09 Å². The molecule has 2 amide bonds. The van der Waals surface area contributed by atoms with Crippen molar-refractivity contribution in [3.63, 3.8) is 0 Å². The average Bonchev–Trinajstić information content (AvgIpc) is 2.99. The van der Waals surface area contributed by atoms with Gasteiger partial charge in [0.25, 0.3) is 5.91 Å². The van der Waals surface area contributed by atoms with Gasteiger partial charge in [-0.05, 0) is 91.1 Å². The minimum Gasteiger partial charge on any atom is -0.444 e. The van der Waals surface area contributed by atoms with Crippen LogP contribution in [0.2, 0.25) is 0 Å². The molecule has 1 aliphatic rings. The van der Waals surface area contributed by atoms with Gasteiger partial charge in [-0.25, -0.2) is 14.8 Å². The number of carbonyl (C=O) groups is 2. The highest BCUT2D eigenvalue weighted by molar-refractivity contribution is 9.10. The number of aryl methyl sites for hydroxylation is 1. The van der Waals surface area contributed by atoms with Crippen LogP contribution in [0.25, 0.3) is 11.3 Å². The topological polar surface area (TPSA) is 113 Å². The van der Waals surface area contributed by atoms with Crippen LogP contribution >= 0.6 is 15.9 Å². The molecule has 1 aliphatic heterocycles. The molecule has 0 saturated carbocycles. The Bertz CT molecular complexity index is 1630. The van der Waals surface area contributed by atoms with Crippen LogP contribution in [0.1, 0.15) is 42.3 Å². The molecule has 5 rings (SSSR count). The summed E-state index contributed by atoms with van der Waals surface area (Å²) in [5.41, 5.74) is 5.21. The third-order valence-corrected chi connectivity index (χ3v) is 7.48. The molecule has 11 heteroatoms. The second kappa shape index (κ2) is 13.5. The van der Waals surface area contributed by atoms with Crippen LogP contribution in [-0.2, 0) is 11.3 Å². The number of ether oxygens (including phenoxy) is 1. The first kappa shape index (κ1) is 31.1. The molecule has 2 N–H and O–H groups in total. The number of carbonyl (C=O) groups excluding carboxylic acids is 2. The number of hydrogen-bond donors (Lipinski definition) is 2. The third-order valence-electron chi connectivity index (χ3n) is 7.04. The van der Waals surface area contributed by atoms with Gasteiger partial charge in [-0.3, -0.25) is 14.7 Å². The Morgan fingerprint density at radius 3 is 2.43 bits per heavy atom. The number of halogens is 1. The van der Waals surface area contributed by atoms with E-state index in [1.54, 1.807) is 23.5 Å². The van der Waals surface area contributed by atoms with Gasteiger partial charge in [0, 0.05) is 78.3 Å². The van der Waals surface area contributed by atoms with Gasteiger partial charge < -0.3 is 20.3 Å². The maximum atomic E-state index is 13.1. The predicted molar refractivity (Wildman–Crippen MR) is 175 cm³/mol. The number of piperazine rings is 1. The van der Waals surface area contributed by atoms with Crippen LogP contribution in [-0.4, -0.2) is 68.5 Å². The number of pyridine rings is 1. The van der Waals surface area contributed by atoms with E-state index in [0.29, 0.717) is 30.3 Å². The Kier molecular flexibility index (Phi) is 9.55. The number of hydrogen-bond acceptors (Lipinski definition) is 8. The summed E-state index contributed by atoms with van der Waals surface area (Å²) in [7, 11) is 0. The Morgan fingerprint density at radius 1 is 0.977 bits per heavy atom. The van der Waals surface area contributed by atoms with E-state index in [1.807, 2.05) is 82.3 Å². The van der Waals surface area contributed by atoms with Crippen molar-refractivity contribution in [2.24, 2.45) is 0 Å². The molecule has 10 nitrogen and oxygen atoms in total. The quantitative estimate of drug-likeness (QED) is 0.227. The summed E-state index contributed by atoms with van der Waals surface area (Å²) in [6, 6.07) is 17.1. The summed E-state index contributed by atoms with van der Waals surface area (Å²) in [5.74, 6) is 0.244. The fourth-order valence-corrected chi connectivity index (χ4v) is 5.09. The van der Waals surface area contributed by atoms with Gasteiger partial charge in [-0.2, -0.15) is 0 Å². The smallest absolute Gasteiger partial charge is 0.410 e. The molecule has 3 heterocycles. The van der Waals surface area contributed by atoms with E-state index in [0.717, 1.165) is 52.2 Å². The van der Waals surface area contributed by atoms with Crippen molar-refractivity contribution in [2.45, 2.75) is 39.8 Å². The predicted octanol–water partition coefficient (Wildman–Crippen LogP) is 6.66. The molecule has 1 saturated heterocycles. The lowest BCUT2D eigenvalue weighted by Crippen LogP contribution is -2.49. The molecule has 0 atom stereocenters. The summed E-state index contributed by atoms with van der Waals surface area (Å²) in [6.45, 7) is 11.1. The van der Waals surface area contributed by atoms with E-state index < -0.39 is 5.60 Å². The normalized spacial score (nSPS) is 13.8. The highest BCUT2D eigenvalue weighted by Gasteiger charge is 2.25. The Balaban J connectivity index is 1.17. The van der Waals surface area contributed by atoms with Gasteiger partial charge in [0.15, 0.2) is 0 Å². The highest BCUT2D eigenvalue weighted by Crippen LogP contribution is 2.25. The molecule has 1 fully saturated rings. The maximum absolute atomic E-state index is 13.1. The van der Waals surface area contributed by atoms with Crippen LogP contribution in [0.5, 0.6) is 0 Å². The molecule has 0 spiro atoms. The average molecular weight is 659 g/mol. The zero-order chi connectivity index (χ0) is 31.3. The van der Waals surface area contributed by atoms with Crippen LogP contribution in [0, 0.1) is 6.92 Å². The van der Waals surface area contributed by atoms with E-state index in [1.165, 1.54) is 0 Å². The first-order chi connectivity index (χ1) is 21.0. The number of nitrogens with one attached hydrogen (secondary N) is 2. The van der Waals surface area contributed by atoms with Crippen molar-refractivity contribution in [3.8, 4) is 11.3 Å². The monoisotopic (exact) mass is 657 g/mol. The molecule has 44 heavy (non-hydrogen) atoms. The van der Waals surface area contributed by atoms with Crippen LogP contribution in [0.3, 0.4) is 0 Å². The van der Waals surface area contributed by atoms with Gasteiger partial charge in [-0.15, -0.1) is 0 Å². The SMILES string of the molecule is Cc1ccc(NC(=O)c2ccc(CN3CCN(C(=O)OC(C)(C)C)CC3)cc2)cc1Nc1nccc(-c2cncc(Br)c2)n1. The maximum Gasteiger partial charge on any atom is 0.410 e. The lowest BCUT2D eigenvalue weighted by molar-refractivity contribution is 0.0139. The molecule has 2 aromatic heterocycles. The summed E-state index contributed by atoms with van der Waals surface area (Å²) in [4.78, 5) is 42.7. The van der Waals surface area contributed by atoms with E-state index >= 15 is 0 Å². The van der Waals surface area contributed by atoms with Gasteiger partial charge in [0.1, 0.15) is 5.60 Å². The Labute approximate surface area is 266 Å². The van der Waals surface area contributed by atoms with Crippen LogP contribution in [0.15, 0.2) is 77.7 Å². The molecular formula is C33H36BrN7O3. The number of aromatic nitrogens is 3. The zero-order valence-corrected chi connectivity index (χ0v) is 26.9. The second-order valence-electron chi connectivity index (χ2n) is 11.7. The van der Waals surface area contributed by atoms with Gasteiger partial charge in [0.05, 0.1) is 5.69 Å². The van der Waals surface area contributed by atoms with Crippen molar-refractivity contribution in [1.29, 1.82) is 0 Å². The minimum atomic E-state index is -0.498. The van der Waals surface area contributed by atoms with Gasteiger partial charge in [0.2, 0.25) is 5.95 Å². The molecule has 4 aromatic rings. The lowest BCUT2D eigenvalue weighted by Gasteiger charge is -2.35. The fraction of sp³-hybridized carbons (Fsp3) is 0.303. The number of rotatable bonds is 7. The summed E-state index contributed by atoms with van der Waals surface area (Å²) < 4.78 is 6.36. The van der Waals surface area contributed by atoms with E-state index in [-0.39, 0.29) is 12.0 Å². The van der Waals surface area contributed by atoms with Crippen molar-refractivity contribution in [1.82, 2.24) is 24.8 Å².